The van der Waals surface area contributed by atoms with Crippen LogP contribution in [0.15, 0.2) is 53.7 Å². The van der Waals surface area contributed by atoms with Crippen molar-refractivity contribution in [2.75, 3.05) is 22.9 Å². The number of rotatable bonds is 3. The number of thiocarbonyl (C=S) groups is 1. The lowest BCUT2D eigenvalue weighted by Crippen LogP contribution is -2.27. The average molecular weight is 396 g/mol. The van der Waals surface area contributed by atoms with Crippen LogP contribution in [0.4, 0.5) is 11.4 Å². The van der Waals surface area contributed by atoms with Gasteiger partial charge >= 0.3 is 0 Å². The second-order valence-corrected chi connectivity index (χ2v) is 8.40. The summed E-state index contributed by atoms with van der Waals surface area (Å²) in [5.74, 6) is -0.0883. The molecule has 4 nitrogen and oxygen atoms in total. The third-order valence-corrected chi connectivity index (χ3v) is 6.16. The third-order valence-electron chi connectivity index (χ3n) is 4.86. The summed E-state index contributed by atoms with van der Waals surface area (Å²) in [7, 11) is 0. The number of thioether (sulfide) groups is 1. The van der Waals surface area contributed by atoms with Crippen LogP contribution in [0.2, 0.25) is 0 Å². The second-order valence-electron chi connectivity index (χ2n) is 6.72. The van der Waals surface area contributed by atoms with Crippen molar-refractivity contribution < 1.29 is 4.79 Å². The van der Waals surface area contributed by atoms with Gasteiger partial charge in [0.25, 0.3) is 5.91 Å². The maximum atomic E-state index is 12.8. The number of hydrogen-bond donors (Lipinski definition) is 0. The number of amides is 1. The van der Waals surface area contributed by atoms with Crippen LogP contribution >= 0.6 is 24.0 Å². The highest BCUT2D eigenvalue weighted by atomic mass is 32.2. The van der Waals surface area contributed by atoms with E-state index in [-0.39, 0.29) is 5.91 Å². The Labute approximate surface area is 169 Å². The van der Waals surface area contributed by atoms with Crippen molar-refractivity contribution in [2.24, 2.45) is 0 Å². The fraction of sp³-hybridized carbons (Fsp3) is 0.286. The van der Waals surface area contributed by atoms with E-state index in [2.05, 4.69) is 34.1 Å². The largest absolute Gasteiger partial charge is 0.372 e. The molecule has 0 N–H and O–H groups in total. The summed E-state index contributed by atoms with van der Waals surface area (Å²) < 4.78 is 0.542. The van der Waals surface area contributed by atoms with Gasteiger partial charge in [-0.15, -0.1) is 0 Å². The number of benzene rings is 1. The van der Waals surface area contributed by atoms with Gasteiger partial charge in [-0.25, -0.2) is 0 Å². The molecule has 3 heterocycles. The zero-order valence-electron chi connectivity index (χ0n) is 15.0. The monoisotopic (exact) mass is 395 g/mol. The summed E-state index contributed by atoms with van der Waals surface area (Å²) in [6.07, 6.45) is 10.4. The first-order chi connectivity index (χ1) is 13.2. The first-order valence-electron chi connectivity index (χ1n) is 9.25. The fourth-order valence-corrected chi connectivity index (χ4v) is 4.74. The molecule has 1 aromatic heterocycles. The first kappa shape index (κ1) is 18.2. The van der Waals surface area contributed by atoms with E-state index in [1.54, 1.807) is 23.4 Å². The van der Waals surface area contributed by atoms with Crippen molar-refractivity contribution in [3.05, 3.63) is 59.3 Å². The van der Waals surface area contributed by atoms with Crippen LogP contribution in [0, 0.1) is 0 Å². The molecule has 2 aliphatic rings. The smallest absolute Gasteiger partial charge is 0.270 e. The van der Waals surface area contributed by atoms with Gasteiger partial charge in [-0.05, 0) is 48.7 Å². The van der Waals surface area contributed by atoms with Crippen molar-refractivity contribution in [3.8, 4) is 0 Å². The van der Waals surface area contributed by atoms with Crippen LogP contribution in [0.5, 0.6) is 0 Å². The summed E-state index contributed by atoms with van der Waals surface area (Å²) in [6, 6.07) is 12.1. The van der Waals surface area contributed by atoms with E-state index in [4.69, 9.17) is 12.2 Å². The Kier molecular flexibility index (Phi) is 5.55. The van der Waals surface area contributed by atoms with E-state index < -0.39 is 0 Å². The van der Waals surface area contributed by atoms with Crippen molar-refractivity contribution in [1.82, 2.24) is 4.98 Å². The molecule has 2 aromatic rings. The van der Waals surface area contributed by atoms with Crippen molar-refractivity contribution in [2.45, 2.75) is 25.7 Å². The fourth-order valence-electron chi connectivity index (χ4n) is 3.44. The molecule has 2 saturated heterocycles. The van der Waals surface area contributed by atoms with Gasteiger partial charge in [0.2, 0.25) is 0 Å². The minimum absolute atomic E-state index is 0.0883. The molecule has 1 aromatic carbocycles. The van der Waals surface area contributed by atoms with Crippen LogP contribution in [0.1, 0.15) is 31.2 Å². The van der Waals surface area contributed by atoms with Crippen LogP contribution in [-0.4, -0.2) is 28.3 Å². The van der Waals surface area contributed by atoms with Gasteiger partial charge in [0.15, 0.2) is 4.32 Å². The maximum absolute atomic E-state index is 12.8. The summed E-state index contributed by atoms with van der Waals surface area (Å²) >= 11 is 6.74. The highest BCUT2D eigenvalue weighted by molar-refractivity contribution is 8.27. The third kappa shape index (κ3) is 4.06. The summed E-state index contributed by atoms with van der Waals surface area (Å²) in [5, 5.41) is 0. The zero-order valence-corrected chi connectivity index (χ0v) is 16.6. The van der Waals surface area contributed by atoms with E-state index in [0.717, 1.165) is 18.7 Å². The molecule has 0 radical (unpaired) electrons. The van der Waals surface area contributed by atoms with E-state index in [9.17, 15) is 4.79 Å². The highest BCUT2D eigenvalue weighted by Gasteiger charge is 2.33. The topological polar surface area (TPSA) is 36.4 Å². The van der Waals surface area contributed by atoms with Gasteiger partial charge in [0.1, 0.15) is 0 Å². The Bertz CT molecular complexity index is 857. The molecule has 27 heavy (non-hydrogen) atoms. The van der Waals surface area contributed by atoms with E-state index in [0.29, 0.717) is 14.9 Å². The Morgan fingerprint density at radius 1 is 1.00 bits per heavy atom. The highest BCUT2D eigenvalue weighted by Crippen LogP contribution is 2.35. The molecule has 2 fully saturated rings. The van der Waals surface area contributed by atoms with Crippen molar-refractivity contribution in [1.29, 1.82) is 0 Å². The van der Waals surface area contributed by atoms with Gasteiger partial charge in [-0.2, -0.15) is 0 Å². The Balaban J connectivity index is 1.52. The molecule has 0 aliphatic carbocycles. The molecular formula is C21H21N3OS2. The van der Waals surface area contributed by atoms with Crippen molar-refractivity contribution in [3.63, 3.8) is 0 Å². The normalized spacial score (nSPS) is 19.6. The summed E-state index contributed by atoms with van der Waals surface area (Å²) in [5.41, 5.74) is 2.98. The quantitative estimate of drug-likeness (QED) is 0.547. The molecule has 4 rings (SSSR count). The van der Waals surface area contributed by atoms with Gasteiger partial charge in [0, 0.05) is 25.0 Å². The summed E-state index contributed by atoms with van der Waals surface area (Å²) in [6.45, 7) is 2.26. The van der Waals surface area contributed by atoms with E-state index >= 15 is 0 Å². The predicted octanol–water partition coefficient (Wildman–Crippen LogP) is 4.87. The minimum Gasteiger partial charge on any atom is -0.372 e. The van der Waals surface area contributed by atoms with Crippen LogP contribution in [0.3, 0.4) is 0 Å². The van der Waals surface area contributed by atoms with Crippen LogP contribution < -0.4 is 9.80 Å². The maximum Gasteiger partial charge on any atom is 0.270 e. The lowest BCUT2D eigenvalue weighted by atomic mass is 10.1. The molecule has 2 aliphatic heterocycles. The predicted molar refractivity (Wildman–Crippen MR) is 117 cm³/mol. The van der Waals surface area contributed by atoms with E-state index in [1.165, 1.54) is 43.1 Å². The van der Waals surface area contributed by atoms with Gasteiger partial charge in [-0.1, -0.05) is 49.0 Å². The molecule has 0 atom stereocenters. The van der Waals surface area contributed by atoms with Crippen molar-refractivity contribution >= 4 is 51.7 Å². The van der Waals surface area contributed by atoms with Gasteiger partial charge in [-0.3, -0.25) is 14.7 Å². The number of nitrogens with zero attached hydrogens (tertiary/aromatic N) is 3. The number of carbonyl (C=O) groups is 1. The Hall–Kier alpha value is -2.18. The number of anilines is 2. The lowest BCUT2D eigenvalue weighted by molar-refractivity contribution is -0.113. The number of aromatic nitrogens is 1. The summed E-state index contributed by atoms with van der Waals surface area (Å²) in [4.78, 5) is 21.5. The lowest BCUT2D eigenvalue weighted by Gasteiger charge is -2.22. The molecule has 0 saturated carbocycles. The SMILES string of the molecule is O=C1/C(=C/c2ccc(N3CCCCCC3)cc2)SC(=S)N1c1cccnc1. The molecule has 0 unspecified atom stereocenters. The average Bonchev–Trinajstić information content (AvgIpc) is 2.87. The standard InChI is InChI=1S/C21H21N3OS2/c25-20-19(27-21(26)24(20)18-6-5-11-22-15-18)14-16-7-9-17(10-8-16)23-12-3-1-2-4-13-23/h5-11,14-15H,1-4,12-13H2/b19-14-. The first-order valence-corrected chi connectivity index (χ1v) is 10.5. The molecule has 138 valence electrons. The molecule has 0 bridgehead atoms. The van der Waals surface area contributed by atoms with Crippen LogP contribution in [0.25, 0.3) is 6.08 Å². The van der Waals surface area contributed by atoms with Crippen LogP contribution in [-0.2, 0) is 4.79 Å². The number of carbonyl (C=O) groups excluding carboxylic acids is 1. The van der Waals surface area contributed by atoms with E-state index in [1.807, 2.05) is 12.1 Å². The van der Waals surface area contributed by atoms with Gasteiger partial charge in [0.05, 0.1) is 16.8 Å². The molecule has 0 spiro atoms. The Morgan fingerprint density at radius 2 is 1.74 bits per heavy atom. The molecule has 1 amide bonds. The zero-order chi connectivity index (χ0) is 18.6. The second kappa shape index (κ2) is 8.23. The molecular weight excluding hydrogens is 374 g/mol. The minimum atomic E-state index is -0.0883. The van der Waals surface area contributed by atoms with Gasteiger partial charge < -0.3 is 4.90 Å². The number of hydrogen-bond acceptors (Lipinski definition) is 5. The molecule has 6 heteroatoms. The number of pyridine rings is 1. The Morgan fingerprint density at radius 3 is 2.41 bits per heavy atom.